The SMILES string of the molecule is COc1ccc(Br)cc1C(c1cccc(N)c1)N(C)C. The summed E-state index contributed by atoms with van der Waals surface area (Å²) in [6.45, 7) is 0. The second-order valence-electron chi connectivity index (χ2n) is 4.92. The Morgan fingerprint density at radius 2 is 1.90 bits per heavy atom. The zero-order valence-electron chi connectivity index (χ0n) is 11.9. The molecule has 0 bridgehead atoms. The van der Waals surface area contributed by atoms with Gasteiger partial charge in [-0.25, -0.2) is 0 Å². The summed E-state index contributed by atoms with van der Waals surface area (Å²) >= 11 is 3.53. The van der Waals surface area contributed by atoms with Crippen LogP contribution in [-0.4, -0.2) is 26.1 Å². The molecular formula is C16H19BrN2O. The van der Waals surface area contributed by atoms with Crippen LogP contribution in [0, 0.1) is 0 Å². The molecule has 0 radical (unpaired) electrons. The minimum atomic E-state index is 0.0888. The largest absolute Gasteiger partial charge is 0.496 e. The zero-order valence-corrected chi connectivity index (χ0v) is 13.5. The molecule has 1 unspecified atom stereocenters. The molecule has 0 aliphatic heterocycles. The molecule has 106 valence electrons. The van der Waals surface area contributed by atoms with E-state index in [9.17, 15) is 0 Å². The van der Waals surface area contributed by atoms with Crippen LogP contribution >= 0.6 is 15.9 Å². The maximum Gasteiger partial charge on any atom is 0.124 e. The van der Waals surface area contributed by atoms with Crippen LogP contribution in [0.1, 0.15) is 17.2 Å². The summed E-state index contributed by atoms with van der Waals surface area (Å²) in [5.41, 5.74) is 8.94. The molecule has 0 spiro atoms. The number of ether oxygens (including phenoxy) is 1. The number of rotatable bonds is 4. The maximum absolute atomic E-state index is 5.92. The Hall–Kier alpha value is -1.52. The van der Waals surface area contributed by atoms with Crippen LogP contribution in [0.4, 0.5) is 5.69 Å². The lowest BCUT2D eigenvalue weighted by Crippen LogP contribution is -2.21. The van der Waals surface area contributed by atoms with E-state index >= 15 is 0 Å². The Bertz CT molecular complexity index is 599. The van der Waals surface area contributed by atoms with Gasteiger partial charge >= 0.3 is 0 Å². The van der Waals surface area contributed by atoms with Crippen molar-refractivity contribution in [2.24, 2.45) is 0 Å². The Labute approximate surface area is 128 Å². The number of halogens is 1. The smallest absolute Gasteiger partial charge is 0.124 e. The first kappa shape index (κ1) is 14.9. The lowest BCUT2D eigenvalue weighted by atomic mass is 9.96. The van der Waals surface area contributed by atoms with Crippen molar-refractivity contribution in [2.45, 2.75) is 6.04 Å². The van der Waals surface area contributed by atoms with E-state index in [-0.39, 0.29) is 6.04 Å². The molecule has 0 fully saturated rings. The van der Waals surface area contributed by atoms with Crippen molar-refractivity contribution >= 4 is 21.6 Å². The van der Waals surface area contributed by atoms with E-state index in [1.807, 2.05) is 44.4 Å². The number of methoxy groups -OCH3 is 1. The number of hydrogen-bond acceptors (Lipinski definition) is 3. The van der Waals surface area contributed by atoms with E-state index in [4.69, 9.17) is 10.5 Å². The molecule has 1 atom stereocenters. The fourth-order valence-corrected chi connectivity index (χ4v) is 2.78. The summed E-state index contributed by atoms with van der Waals surface area (Å²) in [6, 6.07) is 14.1. The normalized spacial score (nSPS) is 12.4. The molecular weight excluding hydrogens is 316 g/mol. The predicted molar refractivity (Wildman–Crippen MR) is 87.1 cm³/mol. The van der Waals surface area contributed by atoms with E-state index in [1.165, 1.54) is 0 Å². The molecule has 2 N–H and O–H groups in total. The fraction of sp³-hybridized carbons (Fsp3) is 0.250. The fourth-order valence-electron chi connectivity index (χ4n) is 2.40. The standard InChI is InChI=1S/C16H19BrN2O/c1-19(2)16(11-5-4-6-13(18)9-11)14-10-12(17)7-8-15(14)20-3/h4-10,16H,18H2,1-3H3. The van der Waals surface area contributed by atoms with Crippen molar-refractivity contribution in [3.63, 3.8) is 0 Å². The van der Waals surface area contributed by atoms with Crippen LogP contribution in [0.25, 0.3) is 0 Å². The third-order valence-electron chi connectivity index (χ3n) is 3.23. The Kier molecular flexibility index (Phi) is 4.68. The first-order chi connectivity index (χ1) is 9.52. The lowest BCUT2D eigenvalue weighted by Gasteiger charge is -2.27. The van der Waals surface area contributed by atoms with Gasteiger partial charge in [0, 0.05) is 15.7 Å². The van der Waals surface area contributed by atoms with Crippen molar-refractivity contribution in [2.75, 3.05) is 26.9 Å². The minimum absolute atomic E-state index is 0.0888. The van der Waals surface area contributed by atoms with Gasteiger partial charge in [0.15, 0.2) is 0 Å². The van der Waals surface area contributed by atoms with Gasteiger partial charge in [0.2, 0.25) is 0 Å². The van der Waals surface area contributed by atoms with Gasteiger partial charge in [-0.15, -0.1) is 0 Å². The molecule has 4 heteroatoms. The monoisotopic (exact) mass is 334 g/mol. The summed E-state index contributed by atoms with van der Waals surface area (Å²) in [7, 11) is 5.79. The predicted octanol–water partition coefficient (Wildman–Crippen LogP) is 3.69. The lowest BCUT2D eigenvalue weighted by molar-refractivity contribution is 0.326. The van der Waals surface area contributed by atoms with Gasteiger partial charge in [0.25, 0.3) is 0 Å². The average Bonchev–Trinajstić information content (AvgIpc) is 2.39. The van der Waals surface area contributed by atoms with Crippen molar-refractivity contribution < 1.29 is 4.74 Å². The first-order valence-corrected chi connectivity index (χ1v) is 7.17. The van der Waals surface area contributed by atoms with Gasteiger partial charge in [-0.1, -0.05) is 28.1 Å². The van der Waals surface area contributed by atoms with Crippen molar-refractivity contribution in [3.05, 3.63) is 58.1 Å². The quantitative estimate of drug-likeness (QED) is 0.866. The molecule has 0 aliphatic carbocycles. The number of nitrogens with zero attached hydrogens (tertiary/aromatic N) is 1. The van der Waals surface area contributed by atoms with Crippen molar-refractivity contribution in [1.29, 1.82) is 0 Å². The highest BCUT2D eigenvalue weighted by Crippen LogP contribution is 2.35. The molecule has 0 amide bonds. The third kappa shape index (κ3) is 3.14. The van der Waals surface area contributed by atoms with E-state index in [2.05, 4.69) is 33.0 Å². The summed E-state index contributed by atoms with van der Waals surface area (Å²) in [5.74, 6) is 0.870. The van der Waals surface area contributed by atoms with Crippen molar-refractivity contribution in [1.82, 2.24) is 4.90 Å². The summed E-state index contributed by atoms with van der Waals surface area (Å²) in [5, 5.41) is 0. The first-order valence-electron chi connectivity index (χ1n) is 6.38. The number of hydrogen-bond donors (Lipinski definition) is 1. The summed E-state index contributed by atoms with van der Waals surface area (Å²) in [6.07, 6.45) is 0. The number of nitrogens with two attached hydrogens (primary N) is 1. The second kappa shape index (κ2) is 6.29. The summed E-state index contributed by atoms with van der Waals surface area (Å²) in [4.78, 5) is 2.15. The molecule has 0 heterocycles. The highest BCUT2D eigenvalue weighted by molar-refractivity contribution is 9.10. The molecule has 20 heavy (non-hydrogen) atoms. The highest BCUT2D eigenvalue weighted by Gasteiger charge is 2.21. The van der Waals surface area contributed by atoms with Gasteiger partial charge in [0.05, 0.1) is 13.2 Å². The molecule has 2 aromatic carbocycles. The number of nitrogen functional groups attached to an aromatic ring is 1. The Balaban J connectivity index is 2.57. The Morgan fingerprint density at radius 3 is 2.50 bits per heavy atom. The topological polar surface area (TPSA) is 38.5 Å². The molecule has 0 saturated heterocycles. The molecule has 2 rings (SSSR count). The molecule has 3 nitrogen and oxygen atoms in total. The second-order valence-corrected chi connectivity index (χ2v) is 5.84. The van der Waals surface area contributed by atoms with Crippen LogP contribution in [0.15, 0.2) is 46.9 Å². The van der Waals surface area contributed by atoms with Gasteiger partial charge in [-0.3, -0.25) is 4.90 Å². The zero-order chi connectivity index (χ0) is 14.7. The van der Waals surface area contributed by atoms with Crippen LogP contribution in [0.3, 0.4) is 0 Å². The maximum atomic E-state index is 5.92. The number of benzene rings is 2. The van der Waals surface area contributed by atoms with Gasteiger partial charge < -0.3 is 10.5 Å². The van der Waals surface area contributed by atoms with Crippen LogP contribution in [0.2, 0.25) is 0 Å². The summed E-state index contributed by atoms with van der Waals surface area (Å²) < 4.78 is 6.54. The van der Waals surface area contributed by atoms with E-state index in [0.717, 1.165) is 27.0 Å². The van der Waals surface area contributed by atoms with E-state index in [1.54, 1.807) is 7.11 Å². The third-order valence-corrected chi connectivity index (χ3v) is 3.72. The minimum Gasteiger partial charge on any atom is -0.496 e. The van der Waals surface area contributed by atoms with Crippen molar-refractivity contribution in [3.8, 4) is 5.75 Å². The molecule has 0 aromatic heterocycles. The number of anilines is 1. The molecule has 0 aliphatic rings. The van der Waals surface area contributed by atoms with E-state index in [0.29, 0.717) is 0 Å². The van der Waals surface area contributed by atoms with Crippen LogP contribution < -0.4 is 10.5 Å². The highest BCUT2D eigenvalue weighted by atomic mass is 79.9. The van der Waals surface area contributed by atoms with Gasteiger partial charge in [-0.2, -0.15) is 0 Å². The van der Waals surface area contributed by atoms with Gasteiger partial charge in [-0.05, 0) is 50.0 Å². The van der Waals surface area contributed by atoms with Crippen LogP contribution in [0.5, 0.6) is 5.75 Å². The molecule has 0 saturated carbocycles. The van der Waals surface area contributed by atoms with Gasteiger partial charge in [0.1, 0.15) is 5.75 Å². The molecule has 2 aromatic rings. The Morgan fingerprint density at radius 1 is 1.15 bits per heavy atom. The van der Waals surface area contributed by atoms with Crippen LogP contribution in [-0.2, 0) is 0 Å². The van der Waals surface area contributed by atoms with E-state index < -0.39 is 0 Å². The average molecular weight is 335 g/mol.